The SMILES string of the molecule is Cn1nc([C@@H]2CCCN(C(=O)CCCS(=O)(=O)c3ccccc3)C2)c2nccnc21. The van der Waals surface area contributed by atoms with E-state index in [-0.39, 0.29) is 24.0 Å². The molecule has 158 valence electrons. The number of likely N-dealkylation sites (tertiary alicyclic amines) is 1. The van der Waals surface area contributed by atoms with Crippen LogP contribution in [0.2, 0.25) is 0 Å². The van der Waals surface area contributed by atoms with Crippen molar-refractivity contribution >= 4 is 26.9 Å². The molecule has 8 nitrogen and oxygen atoms in total. The predicted molar refractivity (Wildman–Crippen MR) is 113 cm³/mol. The Balaban J connectivity index is 1.38. The van der Waals surface area contributed by atoms with Gasteiger partial charge in [-0.05, 0) is 31.4 Å². The van der Waals surface area contributed by atoms with Crippen LogP contribution < -0.4 is 0 Å². The van der Waals surface area contributed by atoms with Crippen molar-refractivity contribution in [1.29, 1.82) is 0 Å². The molecule has 1 aliphatic heterocycles. The molecule has 0 spiro atoms. The lowest BCUT2D eigenvalue weighted by Crippen LogP contribution is -2.39. The van der Waals surface area contributed by atoms with E-state index in [1.165, 1.54) is 0 Å². The molecular formula is C21H25N5O3S. The second kappa shape index (κ2) is 8.51. The van der Waals surface area contributed by atoms with Crippen LogP contribution in [0.4, 0.5) is 0 Å². The van der Waals surface area contributed by atoms with E-state index < -0.39 is 9.84 Å². The number of hydrogen-bond donors (Lipinski definition) is 0. The number of aromatic nitrogens is 4. The zero-order valence-electron chi connectivity index (χ0n) is 16.9. The molecule has 0 N–H and O–H groups in total. The number of benzene rings is 1. The minimum atomic E-state index is -3.36. The van der Waals surface area contributed by atoms with Gasteiger partial charge in [0.2, 0.25) is 5.91 Å². The number of carbonyl (C=O) groups excluding carboxylic acids is 1. The molecule has 0 unspecified atom stereocenters. The molecule has 1 aromatic carbocycles. The summed E-state index contributed by atoms with van der Waals surface area (Å²) < 4.78 is 26.5. The van der Waals surface area contributed by atoms with Crippen LogP contribution in [0.15, 0.2) is 47.6 Å². The number of aryl methyl sites for hydroxylation is 1. The Morgan fingerprint density at radius 3 is 2.73 bits per heavy atom. The molecule has 0 aliphatic carbocycles. The Hall–Kier alpha value is -2.81. The number of carbonyl (C=O) groups is 1. The van der Waals surface area contributed by atoms with Crippen molar-refractivity contribution < 1.29 is 13.2 Å². The largest absolute Gasteiger partial charge is 0.342 e. The van der Waals surface area contributed by atoms with Crippen molar-refractivity contribution in [3.05, 3.63) is 48.4 Å². The second-order valence-corrected chi connectivity index (χ2v) is 9.76. The third-order valence-electron chi connectivity index (χ3n) is 5.55. The van der Waals surface area contributed by atoms with E-state index in [1.807, 2.05) is 11.9 Å². The summed E-state index contributed by atoms with van der Waals surface area (Å²) in [6, 6.07) is 8.37. The highest BCUT2D eigenvalue weighted by Gasteiger charge is 2.28. The second-order valence-electron chi connectivity index (χ2n) is 7.65. The van der Waals surface area contributed by atoms with E-state index in [1.54, 1.807) is 47.4 Å². The number of rotatable bonds is 6. The Bertz CT molecular complexity index is 1140. The topological polar surface area (TPSA) is 98.1 Å². The molecule has 9 heteroatoms. The maximum Gasteiger partial charge on any atom is 0.222 e. The number of fused-ring (bicyclic) bond motifs is 1. The van der Waals surface area contributed by atoms with Crippen molar-refractivity contribution in [3.63, 3.8) is 0 Å². The molecular weight excluding hydrogens is 402 g/mol. The maximum absolute atomic E-state index is 12.7. The summed E-state index contributed by atoms with van der Waals surface area (Å²) >= 11 is 0. The van der Waals surface area contributed by atoms with E-state index in [2.05, 4.69) is 15.1 Å². The summed E-state index contributed by atoms with van der Waals surface area (Å²) in [5.74, 6) is 0.0750. The lowest BCUT2D eigenvalue weighted by Gasteiger charge is -2.32. The van der Waals surface area contributed by atoms with Gasteiger partial charge < -0.3 is 4.90 Å². The van der Waals surface area contributed by atoms with Crippen molar-refractivity contribution in [1.82, 2.24) is 24.6 Å². The first-order valence-electron chi connectivity index (χ1n) is 10.1. The molecule has 3 aromatic rings. The van der Waals surface area contributed by atoms with Crippen LogP contribution in [-0.2, 0) is 21.7 Å². The van der Waals surface area contributed by atoms with Crippen molar-refractivity contribution in [3.8, 4) is 0 Å². The Kier molecular flexibility index (Phi) is 5.80. The average Bonchev–Trinajstić information content (AvgIpc) is 3.11. The van der Waals surface area contributed by atoms with E-state index in [0.717, 1.165) is 29.7 Å². The molecule has 1 amide bonds. The normalized spacial score (nSPS) is 17.4. The van der Waals surface area contributed by atoms with Crippen LogP contribution in [-0.4, -0.2) is 57.8 Å². The van der Waals surface area contributed by atoms with E-state index in [4.69, 9.17) is 0 Å². The third kappa shape index (κ3) is 4.21. The summed E-state index contributed by atoms with van der Waals surface area (Å²) in [7, 11) is -1.51. The van der Waals surface area contributed by atoms with Gasteiger partial charge >= 0.3 is 0 Å². The van der Waals surface area contributed by atoms with E-state index in [9.17, 15) is 13.2 Å². The number of piperidine rings is 1. The number of amides is 1. The quantitative estimate of drug-likeness (QED) is 0.599. The summed E-state index contributed by atoms with van der Waals surface area (Å²) in [6.45, 7) is 1.27. The smallest absolute Gasteiger partial charge is 0.222 e. The molecule has 4 rings (SSSR count). The molecule has 2 aromatic heterocycles. The van der Waals surface area contributed by atoms with Gasteiger partial charge in [0.05, 0.1) is 16.3 Å². The van der Waals surface area contributed by atoms with Gasteiger partial charge in [-0.1, -0.05) is 18.2 Å². The minimum Gasteiger partial charge on any atom is -0.342 e. The van der Waals surface area contributed by atoms with Crippen LogP contribution >= 0.6 is 0 Å². The van der Waals surface area contributed by atoms with Gasteiger partial charge in [-0.25, -0.2) is 23.1 Å². The van der Waals surface area contributed by atoms with Crippen LogP contribution in [0, 0.1) is 0 Å². The van der Waals surface area contributed by atoms with Crippen LogP contribution in [0.25, 0.3) is 11.2 Å². The van der Waals surface area contributed by atoms with E-state index >= 15 is 0 Å². The van der Waals surface area contributed by atoms with Gasteiger partial charge in [-0.3, -0.25) is 4.79 Å². The lowest BCUT2D eigenvalue weighted by atomic mass is 9.94. The van der Waals surface area contributed by atoms with Gasteiger partial charge in [0, 0.05) is 44.9 Å². The Morgan fingerprint density at radius 1 is 1.17 bits per heavy atom. The summed E-state index contributed by atoms with van der Waals surface area (Å²) in [5, 5.41) is 4.61. The monoisotopic (exact) mass is 427 g/mol. The first-order chi connectivity index (χ1) is 14.5. The fourth-order valence-corrected chi connectivity index (χ4v) is 5.36. The molecule has 1 atom stereocenters. The lowest BCUT2D eigenvalue weighted by molar-refractivity contribution is -0.132. The highest BCUT2D eigenvalue weighted by atomic mass is 32.2. The molecule has 30 heavy (non-hydrogen) atoms. The van der Waals surface area contributed by atoms with Gasteiger partial charge in [0.1, 0.15) is 5.52 Å². The fourth-order valence-electron chi connectivity index (χ4n) is 4.02. The standard InChI is InChI=1S/C21H25N5O3S/c1-25-21-20(22-11-12-23-21)19(24-25)16-7-5-13-26(15-16)18(27)10-6-14-30(28,29)17-8-3-2-4-9-17/h2-4,8-9,11-12,16H,5-7,10,13-15H2,1H3/t16-/m1/s1. The minimum absolute atomic E-state index is 0.00529. The van der Waals surface area contributed by atoms with Gasteiger partial charge in [0.15, 0.2) is 15.5 Å². The van der Waals surface area contributed by atoms with Gasteiger partial charge in [-0.2, -0.15) is 5.10 Å². The van der Waals surface area contributed by atoms with Crippen molar-refractivity contribution in [2.24, 2.45) is 7.05 Å². The maximum atomic E-state index is 12.7. The Morgan fingerprint density at radius 2 is 1.93 bits per heavy atom. The van der Waals surface area contributed by atoms with Gasteiger partial charge in [0.25, 0.3) is 0 Å². The molecule has 0 saturated carbocycles. The Labute approximate surface area is 175 Å². The zero-order chi connectivity index (χ0) is 21.1. The fraction of sp³-hybridized carbons (Fsp3) is 0.429. The predicted octanol–water partition coefficient (Wildman–Crippen LogP) is 2.32. The van der Waals surface area contributed by atoms with Crippen LogP contribution in [0.3, 0.4) is 0 Å². The number of hydrogen-bond acceptors (Lipinski definition) is 6. The van der Waals surface area contributed by atoms with Crippen LogP contribution in [0.1, 0.15) is 37.3 Å². The van der Waals surface area contributed by atoms with Crippen LogP contribution in [0.5, 0.6) is 0 Å². The first kappa shape index (κ1) is 20.5. The molecule has 1 aliphatic rings. The highest BCUT2D eigenvalue weighted by molar-refractivity contribution is 7.91. The zero-order valence-corrected chi connectivity index (χ0v) is 17.8. The molecule has 0 bridgehead atoms. The van der Waals surface area contributed by atoms with Crippen molar-refractivity contribution in [2.45, 2.75) is 36.5 Å². The molecule has 1 fully saturated rings. The van der Waals surface area contributed by atoms with E-state index in [0.29, 0.717) is 24.4 Å². The molecule has 1 saturated heterocycles. The first-order valence-corrected chi connectivity index (χ1v) is 11.8. The average molecular weight is 428 g/mol. The summed E-state index contributed by atoms with van der Waals surface area (Å²) in [4.78, 5) is 23.7. The number of sulfone groups is 1. The highest BCUT2D eigenvalue weighted by Crippen LogP contribution is 2.30. The number of nitrogens with zero attached hydrogens (tertiary/aromatic N) is 5. The third-order valence-corrected chi connectivity index (χ3v) is 7.37. The summed E-state index contributed by atoms with van der Waals surface area (Å²) in [6.07, 6.45) is 5.67. The summed E-state index contributed by atoms with van der Waals surface area (Å²) in [5.41, 5.74) is 2.40. The molecule has 0 radical (unpaired) electrons. The van der Waals surface area contributed by atoms with Gasteiger partial charge in [-0.15, -0.1) is 0 Å². The van der Waals surface area contributed by atoms with Crippen molar-refractivity contribution in [2.75, 3.05) is 18.8 Å². The molecule has 3 heterocycles.